The van der Waals surface area contributed by atoms with Crippen LogP contribution in [-0.2, 0) is 6.54 Å². The summed E-state index contributed by atoms with van der Waals surface area (Å²) >= 11 is 0. The summed E-state index contributed by atoms with van der Waals surface area (Å²) in [5.41, 5.74) is 2.18. The number of nitrogens with one attached hydrogen (secondary N) is 1. The zero-order valence-corrected chi connectivity index (χ0v) is 13.8. The molecule has 6 nitrogen and oxygen atoms in total. The number of nitriles is 1. The molecule has 3 heterocycles. The molecule has 0 spiro atoms. The third-order valence-corrected chi connectivity index (χ3v) is 4.37. The van der Waals surface area contributed by atoms with Gasteiger partial charge in [0.15, 0.2) is 0 Å². The van der Waals surface area contributed by atoms with Crippen molar-refractivity contribution in [1.82, 2.24) is 19.8 Å². The maximum absolute atomic E-state index is 12.5. The highest BCUT2D eigenvalue weighted by Gasteiger charge is 2.28. The summed E-state index contributed by atoms with van der Waals surface area (Å²) in [5.74, 6) is 0.482. The molecule has 1 aliphatic rings. The van der Waals surface area contributed by atoms with E-state index in [0.29, 0.717) is 17.2 Å². The van der Waals surface area contributed by atoms with Crippen LogP contribution in [0, 0.1) is 17.2 Å². The second-order valence-corrected chi connectivity index (χ2v) is 6.38. The van der Waals surface area contributed by atoms with Crippen molar-refractivity contribution in [1.29, 1.82) is 5.26 Å². The van der Waals surface area contributed by atoms with Gasteiger partial charge in [-0.1, -0.05) is 6.07 Å². The first-order valence-corrected chi connectivity index (χ1v) is 8.11. The van der Waals surface area contributed by atoms with Crippen molar-refractivity contribution >= 4 is 5.91 Å². The summed E-state index contributed by atoms with van der Waals surface area (Å²) in [6.07, 6.45) is 6.30. The topological polar surface area (TPSA) is 76.0 Å². The summed E-state index contributed by atoms with van der Waals surface area (Å²) in [5, 5.41) is 8.84. The van der Waals surface area contributed by atoms with Gasteiger partial charge < -0.3 is 14.8 Å². The molecule has 124 valence electrons. The Kier molecular flexibility index (Phi) is 4.92. The summed E-state index contributed by atoms with van der Waals surface area (Å²) in [7, 11) is 2.10. The number of rotatable bonds is 5. The SMILES string of the molecule is CN(Cc1cccnc1)CC1CCN(C(=O)c2c[nH]c(C#N)c2)C1. The number of carbonyl (C=O) groups excluding carboxylic acids is 1. The van der Waals surface area contributed by atoms with E-state index in [0.717, 1.165) is 32.6 Å². The number of hydrogen-bond donors (Lipinski definition) is 1. The van der Waals surface area contributed by atoms with E-state index >= 15 is 0 Å². The van der Waals surface area contributed by atoms with E-state index in [1.165, 1.54) is 5.56 Å². The first-order valence-electron chi connectivity index (χ1n) is 8.11. The Morgan fingerprint density at radius 2 is 2.46 bits per heavy atom. The van der Waals surface area contributed by atoms with Gasteiger partial charge >= 0.3 is 0 Å². The van der Waals surface area contributed by atoms with E-state index in [1.54, 1.807) is 18.5 Å². The van der Waals surface area contributed by atoms with Crippen molar-refractivity contribution < 1.29 is 4.79 Å². The van der Waals surface area contributed by atoms with Crippen LogP contribution in [-0.4, -0.2) is 52.4 Å². The molecule has 2 aromatic heterocycles. The third kappa shape index (κ3) is 3.81. The smallest absolute Gasteiger partial charge is 0.255 e. The molecule has 0 bridgehead atoms. The molecule has 24 heavy (non-hydrogen) atoms. The first kappa shape index (κ1) is 16.2. The standard InChI is InChI=1S/C18H21N5O/c1-22(11-14-3-2-5-20-9-14)12-15-4-6-23(13-15)18(24)16-7-17(8-19)21-10-16/h2-3,5,7,9-10,15,21H,4,6,11-13H2,1H3. The van der Waals surface area contributed by atoms with Gasteiger partial charge in [-0.25, -0.2) is 0 Å². The molecule has 1 unspecified atom stereocenters. The van der Waals surface area contributed by atoms with Crippen molar-refractivity contribution in [2.75, 3.05) is 26.7 Å². The Bertz CT molecular complexity index is 733. The first-order chi connectivity index (χ1) is 11.7. The largest absolute Gasteiger partial charge is 0.352 e. The van der Waals surface area contributed by atoms with Gasteiger partial charge in [-0.3, -0.25) is 9.78 Å². The minimum atomic E-state index is 0.00478. The van der Waals surface area contributed by atoms with Crippen molar-refractivity contribution in [2.45, 2.75) is 13.0 Å². The Balaban J connectivity index is 1.51. The molecule has 1 saturated heterocycles. The highest BCUT2D eigenvalue weighted by atomic mass is 16.2. The van der Waals surface area contributed by atoms with Crippen LogP contribution in [0.25, 0.3) is 0 Å². The number of H-pyrrole nitrogens is 1. The number of amides is 1. The highest BCUT2D eigenvalue weighted by molar-refractivity contribution is 5.94. The minimum Gasteiger partial charge on any atom is -0.352 e. The average molecular weight is 323 g/mol. The Labute approximate surface area is 141 Å². The predicted octanol–water partition coefficient (Wildman–Crippen LogP) is 1.88. The Morgan fingerprint density at radius 3 is 3.17 bits per heavy atom. The maximum Gasteiger partial charge on any atom is 0.255 e. The molecule has 1 atom stereocenters. The molecule has 3 rings (SSSR count). The molecule has 6 heteroatoms. The van der Waals surface area contributed by atoms with Crippen LogP contribution >= 0.6 is 0 Å². The molecule has 1 N–H and O–H groups in total. The molecule has 1 fully saturated rings. The average Bonchev–Trinajstić information content (AvgIpc) is 3.24. The van der Waals surface area contributed by atoms with Crippen LogP contribution in [0.1, 0.15) is 28.0 Å². The minimum absolute atomic E-state index is 0.00478. The number of nitrogens with zero attached hydrogens (tertiary/aromatic N) is 4. The zero-order chi connectivity index (χ0) is 16.9. The summed E-state index contributed by atoms with van der Waals surface area (Å²) in [6.45, 7) is 3.36. The fourth-order valence-electron chi connectivity index (χ4n) is 3.24. The number of aromatic amines is 1. The van der Waals surface area contributed by atoms with Crippen LogP contribution in [0.15, 0.2) is 36.8 Å². The molecular weight excluding hydrogens is 302 g/mol. The van der Waals surface area contributed by atoms with Crippen LogP contribution in [0.2, 0.25) is 0 Å². The van der Waals surface area contributed by atoms with Crippen LogP contribution in [0.5, 0.6) is 0 Å². The van der Waals surface area contributed by atoms with Gasteiger partial charge in [-0.05, 0) is 37.1 Å². The van der Waals surface area contributed by atoms with E-state index in [4.69, 9.17) is 5.26 Å². The number of hydrogen-bond acceptors (Lipinski definition) is 4. The summed E-state index contributed by atoms with van der Waals surface area (Å²) in [6, 6.07) is 7.65. The van der Waals surface area contributed by atoms with Crippen molar-refractivity contribution in [3.05, 3.63) is 53.6 Å². The number of carbonyl (C=O) groups is 1. The van der Waals surface area contributed by atoms with Gasteiger partial charge in [-0.2, -0.15) is 5.26 Å². The lowest BCUT2D eigenvalue weighted by molar-refractivity contribution is 0.0784. The van der Waals surface area contributed by atoms with Gasteiger partial charge in [0.2, 0.25) is 0 Å². The monoisotopic (exact) mass is 323 g/mol. The lowest BCUT2D eigenvalue weighted by Gasteiger charge is -2.21. The molecule has 0 radical (unpaired) electrons. The van der Waals surface area contributed by atoms with Gasteiger partial charge in [-0.15, -0.1) is 0 Å². The summed E-state index contributed by atoms with van der Waals surface area (Å²) in [4.78, 5) is 23.6. The van der Waals surface area contributed by atoms with E-state index < -0.39 is 0 Å². The second kappa shape index (κ2) is 7.28. The van der Waals surface area contributed by atoms with E-state index in [9.17, 15) is 4.79 Å². The van der Waals surface area contributed by atoms with Crippen molar-refractivity contribution in [2.24, 2.45) is 5.92 Å². The highest BCUT2D eigenvalue weighted by Crippen LogP contribution is 2.20. The van der Waals surface area contributed by atoms with Gasteiger partial charge in [0.05, 0.1) is 5.56 Å². The van der Waals surface area contributed by atoms with Crippen molar-refractivity contribution in [3.63, 3.8) is 0 Å². The molecule has 1 aliphatic heterocycles. The van der Waals surface area contributed by atoms with Gasteiger partial charge in [0.25, 0.3) is 5.91 Å². The van der Waals surface area contributed by atoms with Crippen LogP contribution in [0.3, 0.4) is 0 Å². The van der Waals surface area contributed by atoms with E-state index in [1.807, 2.05) is 23.2 Å². The fourth-order valence-corrected chi connectivity index (χ4v) is 3.24. The van der Waals surface area contributed by atoms with Crippen molar-refractivity contribution in [3.8, 4) is 6.07 Å². The fraction of sp³-hybridized carbons (Fsp3) is 0.389. The molecule has 0 saturated carbocycles. The van der Waals surface area contributed by atoms with Crippen LogP contribution < -0.4 is 0 Å². The molecule has 0 aromatic carbocycles. The molecule has 0 aliphatic carbocycles. The zero-order valence-electron chi connectivity index (χ0n) is 13.8. The van der Waals surface area contributed by atoms with Gasteiger partial charge in [0.1, 0.15) is 11.8 Å². The Morgan fingerprint density at radius 1 is 1.58 bits per heavy atom. The van der Waals surface area contributed by atoms with Gasteiger partial charge in [0, 0.05) is 44.8 Å². The molecule has 1 amide bonds. The lowest BCUT2D eigenvalue weighted by Crippen LogP contribution is -2.31. The quantitative estimate of drug-likeness (QED) is 0.911. The lowest BCUT2D eigenvalue weighted by atomic mass is 10.1. The second-order valence-electron chi connectivity index (χ2n) is 6.38. The predicted molar refractivity (Wildman–Crippen MR) is 90.1 cm³/mol. The normalized spacial score (nSPS) is 17.2. The van der Waals surface area contributed by atoms with Crippen LogP contribution in [0.4, 0.5) is 0 Å². The molecule has 2 aromatic rings. The number of aromatic nitrogens is 2. The molecular formula is C18H21N5O. The maximum atomic E-state index is 12.5. The number of likely N-dealkylation sites (tertiary alicyclic amines) is 1. The third-order valence-electron chi connectivity index (χ3n) is 4.37. The Hall–Kier alpha value is -2.65. The summed E-state index contributed by atoms with van der Waals surface area (Å²) < 4.78 is 0. The van der Waals surface area contributed by atoms with E-state index in [2.05, 4.69) is 28.0 Å². The van der Waals surface area contributed by atoms with E-state index in [-0.39, 0.29) is 5.91 Å². The number of pyridine rings is 1.